The number of carbonyl (C=O) groups excluding carboxylic acids is 1. The molecule has 0 bridgehead atoms. The van der Waals surface area contributed by atoms with E-state index in [0.29, 0.717) is 30.9 Å². The van der Waals surface area contributed by atoms with Crippen LogP contribution in [0.5, 0.6) is 0 Å². The maximum atomic E-state index is 13.1. The van der Waals surface area contributed by atoms with E-state index in [9.17, 15) is 18.0 Å². The van der Waals surface area contributed by atoms with E-state index in [-0.39, 0.29) is 11.9 Å². The first-order valence-electron chi connectivity index (χ1n) is 12.1. The number of anilines is 1. The number of aryl methyl sites for hydroxylation is 1. The third-order valence-electron chi connectivity index (χ3n) is 7.01. The second-order valence-corrected chi connectivity index (χ2v) is 9.41. The van der Waals surface area contributed by atoms with E-state index in [1.54, 1.807) is 6.07 Å². The standard InChI is InChI=1S/C25H35F3N4O/c1-19-5-8-21(25(26,27)28)18-23(19)32-16-14-31(15-17-32)13-11-20-6-9-22(10-7-20)30-24(33)4-2-3-12-29/h5,8,18,20,22H,2-4,6-7,9-11,13-17H2,1H3,(H,30,33)/t20-,22-. The monoisotopic (exact) mass is 464 g/mol. The first-order chi connectivity index (χ1) is 15.8. The average Bonchev–Trinajstić information content (AvgIpc) is 2.79. The van der Waals surface area contributed by atoms with Crippen LogP contribution in [0, 0.1) is 24.2 Å². The van der Waals surface area contributed by atoms with Gasteiger partial charge < -0.3 is 10.2 Å². The Kier molecular flexibility index (Phi) is 9.02. The Morgan fingerprint density at radius 1 is 1.15 bits per heavy atom. The molecular formula is C25H35F3N4O. The smallest absolute Gasteiger partial charge is 0.369 e. The van der Waals surface area contributed by atoms with Gasteiger partial charge in [0.2, 0.25) is 5.91 Å². The van der Waals surface area contributed by atoms with E-state index in [1.165, 1.54) is 6.07 Å². The van der Waals surface area contributed by atoms with Crippen molar-refractivity contribution in [3.63, 3.8) is 0 Å². The van der Waals surface area contributed by atoms with Crippen LogP contribution < -0.4 is 10.2 Å². The average molecular weight is 465 g/mol. The Morgan fingerprint density at radius 3 is 2.48 bits per heavy atom. The van der Waals surface area contributed by atoms with Gasteiger partial charge >= 0.3 is 6.18 Å². The van der Waals surface area contributed by atoms with Crippen LogP contribution in [0.25, 0.3) is 0 Å². The predicted octanol–water partition coefficient (Wildman–Crippen LogP) is 4.89. The van der Waals surface area contributed by atoms with Crippen molar-refractivity contribution in [2.45, 2.75) is 70.5 Å². The number of alkyl halides is 3. The quantitative estimate of drug-likeness (QED) is 0.557. The largest absolute Gasteiger partial charge is 0.416 e. The molecule has 2 fully saturated rings. The lowest BCUT2D eigenvalue weighted by Crippen LogP contribution is -2.47. The minimum Gasteiger partial charge on any atom is -0.369 e. The van der Waals surface area contributed by atoms with Crippen LogP contribution in [-0.2, 0) is 11.0 Å². The summed E-state index contributed by atoms with van der Waals surface area (Å²) in [4.78, 5) is 16.4. The zero-order valence-electron chi connectivity index (χ0n) is 19.5. The number of halogens is 3. The number of amides is 1. The van der Waals surface area contributed by atoms with Crippen molar-refractivity contribution in [1.29, 1.82) is 5.26 Å². The Balaban J connectivity index is 1.36. The Hall–Kier alpha value is -2.27. The zero-order chi connectivity index (χ0) is 23.8. The van der Waals surface area contributed by atoms with Gasteiger partial charge in [0, 0.05) is 50.7 Å². The first kappa shape index (κ1) is 25.4. The van der Waals surface area contributed by atoms with Crippen molar-refractivity contribution in [3.05, 3.63) is 29.3 Å². The summed E-state index contributed by atoms with van der Waals surface area (Å²) in [7, 11) is 0. The van der Waals surface area contributed by atoms with Gasteiger partial charge in [-0.15, -0.1) is 0 Å². The molecule has 1 aromatic carbocycles. The fourth-order valence-electron chi connectivity index (χ4n) is 4.93. The maximum absolute atomic E-state index is 13.1. The van der Waals surface area contributed by atoms with Crippen LogP contribution in [0.1, 0.15) is 62.5 Å². The fourth-order valence-corrected chi connectivity index (χ4v) is 4.93. The molecule has 5 nitrogen and oxygen atoms in total. The zero-order valence-corrected chi connectivity index (χ0v) is 19.5. The molecule has 0 radical (unpaired) electrons. The number of hydrogen-bond donors (Lipinski definition) is 1. The van der Waals surface area contributed by atoms with E-state index in [2.05, 4.69) is 21.2 Å². The number of nitrogens with zero attached hydrogens (tertiary/aromatic N) is 3. The van der Waals surface area contributed by atoms with Gasteiger partial charge in [-0.3, -0.25) is 9.69 Å². The van der Waals surface area contributed by atoms with E-state index in [4.69, 9.17) is 5.26 Å². The number of rotatable bonds is 8. The molecule has 2 aliphatic rings. The highest BCUT2D eigenvalue weighted by molar-refractivity contribution is 5.76. The van der Waals surface area contributed by atoms with Crippen LogP contribution >= 0.6 is 0 Å². The van der Waals surface area contributed by atoms with E-state index in [1.807, 2.05) is 6.92 Å². The summed E-state index contributed by atoms with van der Waals surface area (Å²) < 4.78 is 39.3. The summed E-state index contributed by atoms with van der Waals surface area (Å²) in [6.45, 7) is 6.10. The molecule has 3 rings (SSSR count). The lowest BCUT2D eigenvalue weighted by Gasteiger charge is -2.38. The van der Waals surface area contributed by atoms with Gasteiger partial charge in [-0.05, 0) is 75.6 Å². The highest BCUT2D eigenvalue weighted by Crippen LogP contribution is 2.34. The van der Waals surface area contributed by atoms with Gasteiger partial charge in [-0.2, -0.15) is 18.4 Å². The van der Waals surface area contributed by atoms with Crippen molar-refractivity contribution in [2.75, 3.05) is 37.6 Å². The number of benzene rings is 1. The van der Waals surface area contributed by atoms with Gasteiger partial charge in [0.05, 0.1) is 11.6 Å². The molecule has 1 saturated heterocycles. The summed E-state index contributed by atoms with van der Waals surface area (Å²) in [5.41, 5.74) is 0.988. The van der Waals surface area contributed by atoms with Gasteiger partial charge in [0.1, 0.15) is 0 Å². The van der Waals surface area contributed by atoms with Crippen LogP contribution in [0.3, 0.4) is 0 Å². The summed E-state index contributed by atoms with van der Waals surface area (Å²) in [5.74, 6) is 0.725. The van der Waals surface area contributed by atoms with E-state index >= 15 is 0 Å². The second-order valence-electron chi connectivity index (χ2n) is 9.41. The molecule has 8 heteroatoms. The van der Waals surface area contributed by atoms with Crippen molar-refractivity contribution >= 4 is 11.6 Å². The number of carbonyl (C=O) groups is 1. The third kappa shape index (κ3) is 7.63. The molecule has 1 amide bonds. The van der Waals surface area contributed by atoms with Crippen LogP contribution in [-0.4, -0.2) is 49.6 Å². The van der Waals surface area contributed by atoms with Gasteiger partial charge in [-0.25, -0.2) is 0 Å². The predicted molar refractivity (Wildman–Crippen MR) is 123 cm³/mol. The number of nitriles is 1. The lowest BCUT2D eigenvalue weighted by atomic mass is 9.84. The van der Waals surface area contributed by atoms with E-state index in [0.717, 1.165) is 76.5 Å². The Bertz CT molecular complexity index is 820. The summed E-state index contributed by atoms with van der Waals surface area (Å²) >= 11 is 0. The van der Waals surface area contributed by atoms with Crippen LogP contribution in [0.2, 0.25) is 0 Å². The summed E-state index contributed by atoms with van der Waals surface area (Å²) in [5, 5.41) is 11.7. The second kappa shape index (κ2) is 11.7. The van der Waals surface area contributed by atoms with Crippen molar-refractivity contribution in [3.8, 4) is 6.07 Å². The Labute approximate surface area is 194 Å². The van der Waals surface area contributed by atoms with Gasteiger partial charge in [-0.1, -0.05) is 6.07 Å². The molecule has 33 heavy (non-hydrogen) atoms. The fraction of sp³-hybridized carbons (Fsp3) is 0.680. The molecule has 0 aromatic heterocycles. The molecular weight excluding hydrogens is 429 g/mol. The third-order valence-corrected chi connectivity index (χ3v) is 7.01. The molecule has 1 saturated carbocycles. The molecule has 1 N–H and O–H groups in total. The number of nitrogens with one attached hydrogen (secondary N) is 1. The minimum atomic E-state index is -4.32. The molecule has 182 valence electrons. The Morgan fingerprint density at radius 2 is 1.85 bits per heavy atom. The first-order valence-corrected chi connectivity index (χ1v) is 12.1. The van der Waals surface area contributed by atoms with Gasteiger partial charge in [0.25, 0.3) is 0 Å². The van der Waals surface area contributed by atoms with Crippen molar-refractivity contribution in [2.24, 2.45) is 5.92 Å². The maximum Gasteiger partial charge on any atom is 0.416 e. The van der Waals surface area contributed by atoms with Crippen molar-refractivity contribution in [1.82, 2.24) is 10.2 Å². The summed E-state index contributed by atoms with van der Waals surface area (Å²) in [6, 6.07) is 6.33. The van der Waals surface area contributed by atoms with Gasteiger partial charge in [0.15, 0.2) is 0 Å². The number of unbranched alkanes of at least 4 members (excludes halogenated alkanes) is 1. The molecule has 0 atom stereocenters. The molecule has 1 aromatic rings. The molecule has 1 aliphatic heterocycles. The normalized spacial score (nSPS) is 22.1. The molecule has 1 aliphatic carbocycles. The van der Waals surface area contributed by atoms with Crippen molar-refractivity contribution < 1.29 is 18.0 Å². The molecule has 0 spiro atoms. The minimum absolute atomic E-state index is 0.0579. The van der Waals surface area contributed by atoms with Crippen LogP contribution in [0.4, 0.5) is 18.9 Å². The highest BCUT2D eigenvalue weighted by Gasteiger charge is 2.32. The lowest BCUT2D eigenvalue weighted by molar-refractivity contribution is -0.137. The SMILES string of the molecule is Cc1ccc(C(F)(F)F)cc1N1CCN(CC[C@H]2CC[C@H](NC(=O)CCCC#N)CC2)CC1. The topological polar surface area (TPSA) is 59.4 Å². The van der Waals surface area contributed by atoms with E-state index < -0.39 is 11.7 Å². The van der Waals surface area contributed by atoms with Crippen LogP contribution in [0.15, 0.2) is 18.2 Å². The number of hydrogen-bond acceptors (Lipinski definition) is 4. The highest BCUT2D eigenvalue weighted by atomic mass is 19.4. The molecule has 0 unspecified atom stereocenters. The molecule has 1 heterocycles. The number of piperazine rings is 1. The summed E-state index contributed by atoms with van der Waals surface area (Å²) in [6.07, 6.45) is 2.55.